The first-order valence-corrected chi connectivity index (χ1v) is 10.1. The second kappa shape index (κ2) is 10.1. The van der Waals surface area contributed by atoms with E-state index in [-0.39, 0.29) is 17.6 Å². The van der Waals surface area contributed by atoms with Gasteiger partial charge in [0, 0.05) is 12.5 Å². The molecule has 0 saturated carbocycles. The van der Waals surface area contributed by atoms with E-state index in [0.717, 1.165) is 38.0 Å². The number of amides is 1. The Labute approximate surface area is 174 Å². The van der Waals surface area contributed by atoms with Gasteiger partial charge in [0.2, 0.25) is 5.91 Å². The van der Waals surface area contributed by atoms with Crippen LogP contribution >= 0.6 is 23.2 Å². The Bertz CT molecular complexity index is 793. The Kier molecular flexibility index (Phi) is 7.54. The second-order valence-electron chi connectivity index (χ2n) is 6.89. The summed E-state index contributed by atoms with van der Waals surface area (Å²) in [6.45, 7) is 3.32. The molecule has 2 aromatic rings. The molecular formula is C21H23Cl2FN2O2. The lowest BCUT2D eigenvalue weighted by Gasteiger charge is -2.31. The first kappa shape index (κ1) is 20.9. The Balaban J connectivity index is 1.35. The van der Waals surface area contributed by atoms with E-state index in [2.05, 4.69) is 10.2 Å². The zero-order valence-corrected chi connectivity index (χ0v) is 17.0. The van der Waals surface area contributed by atoms with Crippen LogP contribution in [0.15, 0.2) is 42.5 Å². The van der Waals surface area contributed by atoms with Gasteiger partial charge < -0.3 is 10.1 Å². The number of rotatable bonds is 7. The smallest absolute Gasteiger partial charge is 0.223 e. The Morgan fingerprint density at radius 1 is 1.11 bits per heavy atom. The molecule has 0 atom stereocenters. The van der Waals surface area contributed by atoms with Crippen molar-refractivity contribution < 1.29 is 13.9 Å². The predicted octanol–water partition coefficient (Wildman–Crippen LogP) is 4.54. The highest BCUT2D eigenvalue weighted by Gasteiger charge is 2.24. The summed E-state index contributed by atoms with van der Waals surface area (Å²) in [5, 5.41) is 4.05. The largest absolute Gasteiger partial charge is 0.492 e. The first-order valence-electron chi connectivity index (χ1n) is 9.33. The van der Waals surface area contributed by atoms with Crippen molar-refractivity contribution in [2.24, 2.45) is 5.92 Å². The van der Waals surface area contributed by atoms with Crippen molar-refractivity contribution in [3.05, 3.63) is 63.9 Å². The molecule has 0 aromatic heterocycles. The van der Waals surface area contributed by atoms with E-state index >= 15 is 0 Å². The van der Waals surface area contributed by atoms with E-state index in [4.69, 9.17) is 27.9 Å². The highest BCUT2D eigenvalue weighted by Crippen LogP contribution is 2.25. The minimum absolute atomic E-state index is 0.0240. The number of carbonyl (C=O) groups is 1. The molecule has 0 spiro atoms. The summed E-state index contributed by atoms with van der Waals surface area (Å²) in [5.74, 6) is 0.380. The fraction of sp³-hybridized carbons (Fsp3) is 0.381. The normalized spacial score (nSPS) is 15.4. The number of likely N-dealkylation sites (tertiary alicyclic amines) is 1. The van der Waals surface area contributed by atoms with Crippen molar-refractivity contribution in [1.29, 1.82) is 0 Å². The molecule has 1 aliphatic rings. The van der Waals surface area contributed by atoms with Crippen LogP contribution in [0.25, 0.3) is 0 Å². The zero-order chi connectivity index (χ0) is 19.9. The summed E-state index contributed by atoms with van der Waals surface area (Å²) in [4.78, 5) is 14.7. The van der Waals surface area contributed by atoms with Gasteiger partial charge in [-0.05, 0) is 67.9 Å². The average Bonchev–Trinajstić information content (AvgIpc) is 2.70. The molecular weight excluding hydrogens is 402 g/mol. The standard InChI is InChI=1S/C21H23Cl2FN2O2/c22-19-6-1-15(13-20(19)23)14-26-10-7-16(8-11-26)21(27)25-9-12-28-18-4-2-17(24)3-5-18/h1-6,13,16H,7-12,14H2,(H,25,27). The van der Waals surface area contributed by atoms with Gasteiger partial charge >= 0.3 is 0 Å². The van der Waals surface area contributed by atoms with Crippen molar-refractivity contribution in [3.8, 4) is 5.75 Å². The lowest BCUT2D eigenvalue weighted by molar-refractivity contribution is -0.126. The van der Waals surface area contributed by atoms with Gasteiger partial charge in [-0.1, -0.05) is 29.3 Å². The summed E-state index contributed by atoms with van der Waals surface area (Å²) < 4.78 is 18.3. The summed E-state index contributed by atoms with van der Waals surface area (Å²) in [7, 11) is 0. The van der Waals surface area contributed by atoms with Gasteiger partial charge in [-0.3, -0.25) is 9.69 Å². The zero-order valence-electron chi connectivity index (χ0n) is 15.5. The Morgan fingerprint density at radius 3 is 2.50 bits per heavy atom. The molecule has 1 fully saturated rings. The summed E-state index contributed by atoms with van der Waals surface area (Å²) in [6.07, 6.45) is 1.65. The van der Waals surface area contributed by atoms with Gasteiger partial charge in [0.05, 0.1) is 16.6 Å². The van der Waals surface area contributed by atoms with Crippen LogP contribution in [0.4, 0.5) is 4.39 Å². The second-order valence-corrected chi connectivity index (χ2v) is 7.71. The van der Waals surface area contributed by atoms with Crippen molar-refractivity contribution >= 4 is 29.1 Å². The molecule has 28 heavy (non-hydrogen) atoms. The number of nitrogens with one attached hydrogen (secondary N) is 1. The van der Waals surface area contributed by atoms with Crippen LogP contribution in [0.5, 0.6) is 5.75 Å². The van der Waals surface area contributed by atoms with Gasteiger partial charge in [-0.25, -0.2) is 4.39 Å². The molecule has 0 aliphatic carbocycles. The molecule has 1 amide bonds. The molecule has 7 heteroatoms. The molecule has 150 valence electrons. The monoisotopic (exact) mass is 424 g/mol. The van der Waals surface area contributed by atoms with E-state index in [1.807, 2.05) is 18.2 Å². The van der Waals surface area contributed by atoms with Crippen LogP contribution < -0.4 is 10.1 Å². The summed E-state index contributed by atoms with van der Waals surface area (Å²) in [5.41, 5.74) is 1.12. The van der Waals surface area contributed by atoms with Crippen LogP contribution in [0.2, 0.25) is 10.0 Å². The van der Waals surface area contributed by atoms with Crippen molar-refractivity contribution in [3.63, 3.8) is 0 Å². The predicted molar refractivity (Wildman–Crippen MR) is 109 cm³/mol. The number of nitrogens with zero attached hydrogens (tertiary/aromatic N) is 1. The van der Waals surface area contributed by atoms with E-state index in [1.54, 1.807) is 12.1 Å². The molecule has 0 bridgehead atoms. The minimum atomic E-state index is -0.300. The van der Waals surface area contributed by atoms with Crippen LogP contribution in [0.3, 0.4) is 0 Å². The molecule has 1 heterocycles. The highest BCUT2D eigenvalue weighted by molar-refractivity contribution is 6.42. The maximum Gasteiger partial charge on any atom is 0.223 e. The fourth-order valence-electron chi connectivity index (χ4n) is 3.27. The van der Waals surface area contributed by atoms with Gasteiger partial charge in [0.15, 0.2) is 0 Å². The van der Waals surface area contributed by atoms with Crippen LogP contribution in [0, 0.1) is 11.7 Å². The van der Waals surface area contributed by atoms with Crippen LogP contribution in [-0.2, 0) is 11.3 Å². The third kappa shape index (κ3) is 6.09. The van der Waals surface area contributed by atoms with E-state index in [0.29, 0.717) is 28.9 Å². The van der Waals surface area contributed by atoms with Crippen molar-refractivity contribution in [1.82, 2.24) is 10.2 Å². The van der Waals surface area contributed by atoms with Crippen molar-refractivity contribution in [2.75, 3.05) is 26.2 Å². The third-order valence-electron chi connectivity index (χ3n) is 4.83. The minimum Gasteiger partial charge on any atom is -0.492 e. The molecule has 1 saturated heterocycles. The van der Waals surface area contributed by atoms with Gasteiger partial charge in [0.25, 0.3) is 0 Å². The number of halogens is 3. The molecule has 0 unspecified atom stereocenters. The van der Waals surface area contributed by atoms with Gasteiger partial charge in [-0.15, -0.1) is 0 Å². The van der Waals surface area contributed by atoms with E-state index < -0.39 is 0 Å². The molecule has 1 N–H and O–H groups in total. The molecule has 0 radical (unpaired) electrons. The van der Waals surface area contributed by atoms with Crippen molar-refractivity contribution in [2.45, 2.75) is 19.4 Å². The fourth-order valence-corrected chi connectivity index (χ4v) is 3.59. The van der Waals surface area contributed by atoms with Gasteiger partial charge in [0.1, 0.15) is 18.2 Å². The number of hydrogen-bond acceptors (Lipinski definition) is 3. The summed E-state index contributed by atoms with van der Waals surface area (Å²) in [6, 6.07) is 11.5. The van der Waals surface area contributed by atoms with Crippen LogP contribution in [-0.4, -0.2) is 37.0 Å². The molecule has 1 aliphatic heterocycles. The van der Waals surface area contributed by atoms with Crippen LogP contribution in [0.1, 0.15) is 18.4 Å². The number of benzene rings is 2. The molecule has 3 rings (SSSR count). The maximum absolute atomic E-state index is 12.8. The topological polar surface area (TPSA) is 41.6 Å². The number of carbonyl (C=O) groups excluding carboxylic acids is 1. The first-order chi connectivity index (χ1) is 13.5. The number of hydrogen-bond donors (Lipinski definition) is 1. The Hall–Kier alpha value is -1.82. The lowest BCUT2D eigenvalue weighted by Crippen LogP contribution is -2.41. The van der Waals surface area contributed by atoms with E-state index in [1.165, 1.54) is 12.1 Å². The third-order valence-corrected chi connectivity index (χ3v) is 5.57. The molecule has 4 nitrogen and oxygen atoms in total. The Morgan fingerprint density at radius 2 is 1.82 bits per heavy atom. The quantitative estimate of drug-likeness (QED) is 0.663. The molecule has 2 aromatic carbocycles. The SMILES string of the molecule is O=C(NCCOc1ccc(F)cc1)C1CCN(Cc2ccc(Cl)c(Cl)c2)CC1. The van der Waals surface area contributed by atoms with Gasteiger partial charge in [-0.2, -0.15) is 0 Å². The van der Waals surface area contributed by atoms with E-state index in [9.17, 15) is 9.18 Å². The number of ether oxygens (including phenoxy) is 1. The summed E-state index contributed by atoms with van der Waals surface area (Å²) >= 11 is 12.0. The average molecular weight is 425 g/mol. The lowest BCUT2D eigenvalue weighted by atomic mass is 9.95. The highest BCUT2D eigenvalue weighted by atomic mass is 35.5. The maximum atomic E-state index is 12.8. The number of piperidine rings is 1.